The Morgan fingerprint density at radius 2 is 2.00 bits per heavy atom. The van der Waals surface area contributed by atoms with Crippen molar-refractivity contribution in [2.24, 2.45) is 5.73 Å². The number of halogens is 2. The molecule has 4 rings (SSSR count). The molecule has 0 saturated carbocycles. The van der Waals surface area contributed by atoms with Crippen LogP contribution in [0.3, 0.4) is 0 Å². The lowest BCUT2D eigenvalue weighted by atomic mass is 10.1. The molecule has 0 amide bonds. The second-order valence-corrected chi connectivity index (χ2v) is 7.30. The molecule has 2 N–H and O–H groups in total. The molecule has 1 fully saturated rings. The summed E-state index contributed by atoms with van der Waals surface area (Å²) in [6.45, 7) is 1.62. The van der Waals surface area contributed by atoms with E-state index >= 15 is 0 Å². The molecule has 0 spiro atoms. The van der Waals surface area contributed by atoms with E-state index in [0.717, 1.165) is 31.7 Å². The number of rotatable bonds is 3. The molecule has 0 aliphatic carbocycles. The van der Waals surface area contributed by atoms with Crippen LogP contribution in [0.2, 0.25) is 0 Å². The predicted molar refractivity (Wildman–Crippen MR) is 108 cm³/mol. The van der Waals surface area contributed by atoms with Crippen LogP contribution < -0.4 is 10.6 Å². The van der Waals surface area contributed by atoms with Crippen LogP contribution in [0.5, 0.6) is 0 Å². The third-order valence-electron chi connectivity index (χ3n) is 4.29. The molecule has 1 saturated heterocycles. The number of imidazole rings is 1. The third kappa shape index (κ3) is 4.56. The fourth-order valence-electron chi connectivity index (χ4n) is 3.05. The van der Waals surface area contributed by atoms with Crippen molar-refractivity contribution in [3.63, 3.8) is 0 Å². The Bertz CT molecular complexity index is 918. The average Bonchev–Trinajstić information content (AvgIpc) is 3.12. The molecule has 0 aromatic carbocycles. The average molecular weight is 407 g/mol. The van der Waals surface area contributed by atoms with E-state index in [1.54, 1.807) is 24.2 Å². The zero-order chi connectivity index (χ0) is 20.1. The number of nitrogens with two attached hydrogens (primary N) is 1. The number of anilines is 1. The van der Waals surface area contributed by atoms with Crippen LogP contribution in [0.1, 0.15) is 25.0 Å². The van der Waals surface area contributed by atoms with Crippen LogP contribution >= 0.6 is 11.8 Å². The summed E-state index contributed by atoms with van der Waals surface area (Å²) in [5.74, 6) is 1.20. The van der Waals surface area contributed by atoms with E-state index in [1.165, 1.54) is 16.8 Å². The summed E-state index contributed by atoms with van der Waals surface area (Å²) in [7, 11) is 0. The van der Waals surface area contributed by atoms with Gasteiger partial charge in [-0.25, -0.2) is 28.7 Å². The molecular weight excluding hydrogens is 384 g/mol. The van der Waals surface area contributed by atoms with Crippen LogP contribution in [0.4, 0.5) is 14.6 Å². The van der Waals surface area contributed by atoms with Gasteiger partial charge in [0, 0.05) is 31.5 Å². The van der Waals surface area contributed by atoms with Gasteiger partial charge in [0.05, 0.1) is 12.4 Å². The molecule has 10 heteroatoms. The van der Waals surface area contributed by atoms with Gasteiger partial charge in [-0.3, -0.25) is 4.40 Å². The van der Waals surface area contributed by atoms with Gasteiger partial charge in [-0.2, -0.15) is 11.8 Å². The summed E-state index contributed by atoms with van der Waals surface area (Å²) >= 11 is 1.75. The van der Waals surface area contributed by atoms with E-state index in [4.69, 9.17) is 5.73 Å². The lowest BCUT2D eigenvalue weighted by Crippen LogP contribution is -2.43. The third-order valence-corrected chi connectivity index (χ3v) is 4.29. The number of hydrogen-bond acceptors (Lipinski definition) is 7. The van der Waals surface area contributed by atoms with Crippen molar-refractivity contribution in [3.05, 3.63) is 36.5 Å². The van der Waals surface area contributed by atoms with Gasteiger partial charge in [0.25, 0.3) is 6.43 Å². The highest BCUT2D eigenvalue weighted by atomic mass is 32.2. The van der Waals surface area contributed by atoms with E-state index in [9.17, 15) is 8.78 Å². The van der Waals surface area contributed by atoms with E-state index in [-0.39, 0.29) is 11.7 Å². The maximum atomic E-state index is 12.9. The van der Waals surface area contributed by atoms with Gasteiger partial charge >= 0.3 is 0 Å². The summed E-state index contributed by atoms with van der Waals surface area (Å²) in [5, 5.41) is 0. The first-order valence-corrected chi connectivity index (χ1v) is 10.5. The lowest BCUT2D eigenvalue weighted by molar-refractivity contribution is 0.145. The monoisotopic (exact) mass is 407 g/mol. The molecule has 0 radical (unpaired) electrons. The van der Waals surface area contributed by atoms with Gasteiger partial charge in [0.15, 0.2) is 11.5 Å². The largest absolute Gasteiger partial charge is 0.355 e. The molecule has 1 aliphatic rings. The van der Waals surface area contributed by atoms with Crippen LogP contribution in [-0.4, -0.2) is 56.0 Å². The zero-order valence-corrected chi connectivity index (χ0v) is 16.6. The Hall–Kier alpha value is -2.33. The van der Waals surface area contributed by atoms with E-state index < -0.39 is 6.43 Å². The molecule has 3 aromatic heterocycles. The topological polar surface area (TPSA) is 85.2 Å². The molecule has 150 valence electrons. The van der Waals surface area contributed by atoms with Crippen LogP contribution in [0.15, 0.2) is 30.9 Å². The molecule has 7 nitrogen and oxygen atoms in total. The van der Waals surface area contributed by atoms with Crippen molar-refractivity contribution in [1.29, 1.82) is 0 Å². The highest BCUT2D eigenvalue weighted by molar-refractivity contribution is 7.97. The first-order valence-electron chi connectivity index (χ1n) is 8.88. The second kappa shape index (κ2) is 9.24. The molecule has 1 unspecified atom stereocenters. The van der Waals surface area contributed by atoms with Crippen LogP contribution in [-0.2, 0) is 0 Å². The normalized spacial score (nSPS) is 16.9. The fourth-order valence-corrected chi connectivity index (χ4v) is 3.05. The number of thioether (sulfide) groups is 1. The number of piperidine rings is 1. The smallest absolute Gasteiger partial charge is 0.281 e. The second-order valence-electron chi connectivity index (χ2n) is 6.48. The van der Waals surface area contributed by atoms with Gasteiger partial charge in [-0.1, -0.05) is 0 Å². The Morgan fingerprint density at radius 1 is 1.21 bits per heavy atom. The molecule has 28 heavy (non-hydrogen) atoms. The molecule has 0 bridgehead atoms. The highest BCUT2D eigenvalue weighted by Crippen LogP contribution is 2.23. The van der Waals surface area contributed by atoms with E-state index in [2.05, 4.69) is 24.8 Å². The van der Waals surface area contributed by atoms with Crippen molar-refractivity contribution in [1.82, 2.24) is 24.3 Å². The molecule has 1 aliphatic heterocycles. The Morgan fingerprint density at radius 3 is 2.71 bits per heavy atom. The number of hydrogen-bond donors (Lipinski definition) is 1. The first-order chi connectivity index (χ1) is 13.5. The minimum absolute atomic E-state index is 0.127. The Kier molecular flexibility index (Phi) is 6.74. The van der Waals surface area contributed by atoms with Gasteiger partial charge < -0.3 is 10.6 Å². The lowest BCUT2D eigenvalue weighted by Gasteiger charge is -2.31. The van der Waals surface area contributed by atoms with Gasteiger partial charge in [0.1, 0.15) is 17.2 Å². The molecule has 4 heterocycles. The van der Waals surface area contributed by atoms with Crippen LogP contribution in [0.25, 0.3) is 17.2 Å². The molecular formula is C18H23F2N7S. The Balaban J connectivity index is 0.000000706. The Labute approximate surface area is 166 Å². The molecule has 3 aromatic rings. The van der Waals surface area contributed by atoms with E-state index in [1.807, 2.05) is 18.6 Å². The summed E-state index contributed by atoms with van der Waals surface area (Å²) in [6.07, 6.45) is 9.26. The SMILES string of the molecule is CSC.NC1CCCN(c2ccnc(-c3cnc4cnc(C(F)F)cn34)n2)C1. The van der Waals surface area contributed by atoms with Crippen molar-refractivity contribution < 1.29 is 8.78 Å². The van der Waals surface area contributed by atoms with E-state index in [0.29, 0.717) is 17.2 Å². The summed E-state index contributed by atoms with van der Waals surface area (Å²) in [6, 6.07) is 1.96. The zero-order valence-electron chi connectivity index (χ0n) is 15.8. The number of nitrogens with zero attached hydrogens (tertiary/aromatic N) is 6. The van der Waals surface area contributed by atoms with Crippen molar-refractivity contribution >= 4 is 23.2 Å². The minimum Gasteiger partial charge on any atom is -0.355 e. The minimum atomic E-state index is -2.65. The van der Waals surface area contributed by atoms with Gasteiger partial charge in [-0.05, 0) is 31.4 Å². The predicted octanol–water partition coefficient (Wildman–Crippen LogP) is 3.03. The fraction of sp³-hybridized carbons (Fsp3) is 0.444. The number of fused-ring (bicyclic) bond motifs is 1. The van der Waals surface area contributed by atoms with Gasteiger partial charge in [-0.15, -0.1) is 0 Å². The quantitative estimate of drug-likeness (QED) is 0.714. The maximum absolute atomic E-state index is 12.9. The number of aromatic nitrogens is 5. The van der Waals surface area contributed by atoms with Crippen molar-refractivity contribution in [3.8, 4) is 11.5 Å². The first kappa shape index (κ1) is 20.4. The standard InChI is InChI=1S/C16H17F2N7.C2H6S/c17-15(18)11-9-25-12(6-22-14(25)7-21-11)16-20-4-3-13(23-16)24-5-1-2-10(19)8-24;1-3-2/h3-4,6-7,9-10,15H,1-2,5,8,19H2;1-2H3. The summed E-state index contributed by atoms with van der Waals surface area (Å²) in [4.78, 5) is 18.9. The maximum Gasteiger partial charge on any atom is 0.281 e. The van der Waals surface area contributed by atoms with Crippen molar-refractivity contribution in [2.75, 3.05) is 30.5 Å². The highest BCUT2D eigenvalue weighted by Gasteiger charge is 2.19. The number of alkyl halides is 2. The van der Waals surface area contributed by atoms with Crippen molar-refractivity contribution in [2.45, 2.75) is 25.3 Å². The molecule has 1 atom stereocenters. The van der Waals surface area contributed by atoms with Crippen LogP contribution in [0, 0.1) is 0 Å². The summed E-state index contributed by atoms with van der Waals surface area (Å²) in [5.41, 5.74) is 6.73. The summed E-state index contributed by atoms with van der Waals surface area (Å²) < 4.78 is 27.4. The van der Waals surface area contributed by atoms with Gasteiger partial charge in [0.2, 0.25) is 0 Å².